The number of carbonyl (C=O) groups excluding carboxylic acids is 1. The van der Waals surface area contributed by atoms with Crippen LogP contribution in [0.5, 0.6) is 0 Å². The third kappa shape index (κ3) is 3.52. The molecule has 0 amide bonds. The number of hydrogen-bond donors (Lipinski definition) is 2. The first-order chi connectivity index (χ1) is 13.2. The van der Waals surface area contributed by atoms with Crippen molar-refractivity contribution in [2.45, 2.75) is 39.2 Å². The van der Waals surface area contributed by atoms with Crippen molar-refractivity contribution in [3.05, 3.63) is 53.9 Å². The van der Waals surface area contributed by atoms with E-state index < -0.39 is 0 Å². The molecule has 6 heteroatoms. The lowest BCUT2D eigenvalue weighted by Crippen LogP contribution is -2.38. The van der Waals surface area contributed by atoms with Gasteiger partial charge >= 0.3 is 0 Å². The van der Waals surface area contributed by atoms with Crippen LogP contribution < -0.4 is 10.6 Å². The summed E-state index contributed by atoms with van der Waals surface area (Å²) in [5, 5.41) is 11.3. The number of aromatic nitrogens is 3. The van der Waals surface area contributed by atoms with E-state index >= 15 is 0 Å². The quantitative estimate of drug-likeness (QED) is 0.846. The van der Waals surface area contributed by atoms with Crippen LogP contribution in [0.15, 0.2) is 42.5 Å². The van der Waals surface area contributed by atoms with Crippen molar-refractivity contribution in [3.63, 3.8) is 0 Å². The topological polar surface area (TPSA) is 71.8 Å². The molecule has 1 aromatic carbocycles. The molecule has 0 spiro atoms. The highest BCUT2D eigenvalue weighted by Gasteiger charge is 2.29. The number of allylic oxidation sites excluding steroid dienone is 4. The number of carbonyl (C=O) groups is 1. The van der Waals surface area contributed by atoms with Gasteiger partial charge in [0.15, 0.2) is 5.82 Å². The van der Waals surface area contributed by atoms with E-state index in [4.69, 9.17) is 0 Å². The molecule has 2 heterocycles. The number of hydrogen-bond acceptors (Lipinski definition) is 5. The largest absolute Gasteiger partial charge is 0.383 e. The third-order valence-corrected chi connectivity index (χ3v) is 5.23. The predicted molar refractivity (Wildman–Crippen MR) is 108 cm³/mol. The number of para-hydroxylation sites is 1. The average molecular weight is 363 g/mol. The van der Waals surface area contributed by atoms with E-state index in [-0.39, 0.29) is 11.9 Å². The fourth-order valence-corrected chi connectivity index (χ4v) is 3.63. The summed E-state index contributed by atoms with van der Waals surface area (Å²) in [5.41, 5.74) is 3.48. The number of fused-ring (bicyclic) bond motifs is 1. The molecule has 27 heavy (non-hydrogen) atoms. The van der Waals surface area contributed by atoms with Crippen LogP contribution in [0.4, 0.5) is 11.6 Å². The second-order valence-corrected chi connectivity index (χ2v) is 7.19. The molecule has 2 unspecified atom stereocenters. The maximum absolute atomic E-state index is 12.6. The van der Waals surface area contributed by atoms with Crippen LogP contribution in [0.1, 0.15) is 42.9 Å². The molecular weight excluding hydrogens is 338 g/mol. The van der Waals surface area contributed by atoms with Gasteiger partial charge in [-0.25, -0.2) is 0 Å². The molecule has 140 valence electrons. The van der Waals surface area contributed by atoms with Gasteiger partial charge in [0.25, 0.3) is 5.91 Å². The fraction of sp³-hybridized carbons (Fsp3) is 0.381. The number of nitrogens with zero attached hydrogens (tertiary/aromatic N) is 3. The van der Waals surface area contributed by atoms with Crippen molar-refractivity contribution < 1.29 is 4.79 Å². The van der Waals surface area contributed by atoms with Gasteiger partial charge in [-0.3, -0.25) is 4.79 Å². The Morgan fingerprint density at radius 2 is 2.19 bits per heavy atom. The molecule has 1 aliphatic carbocycles. The Morgan fingerprint density at radius 1 is 1.33 bits per heavy atom. The second kappa shape index (κ2) is 7.39. The van der Waals surface area contributed by atoms with Gasteiger partial charge in [0.2, 0.25) is 5.95 Å². The number of aryl methyl sites for hydroxylation is 1. The number of rotatable bonds is 5. The van der Waals surface area contributed by atoms with Gasteiger partial charge in [-0.2, -0.15) is 9.67 Å². The Balaban J connectivity index is 1.49. The standard InChI is InChI=1S/C21H25N5O/c1-3-15-9-5-7-11-18(15)22-13-16-12-19(27)26-21(23-16)24-20(25-26)17-10-6-4-8-14(17)2/h4-7,9-11,14,16,22H,3,8,12-13H2,1-2H3,(H,23,24,25). The molecule has 0 radical (unpaired) electrons. The molecule has 0 fully saturated rings. The second-order valence-electron chi connectivity index (χ2n) is 7.19. The molecule has 2 N–H and O–H groups in total. The summed E-state index contributed by atoms with van der Waals surface area (Å²) in [6, 6.07) is 8.26. The Morgan fingerprint density at radius 3 is 3.00 bits per heavy atom. The van der Waals surface area contributed by atoms with Crippen molar-refractivity contribution in [1.29, 1.82) is 0 Å². The van der Waals surface area contributed by atoms with E-state index in [9.17, 15) is 4.79 Å². The van der Waals surface area contributed by atoms with E-state index in [1.807, 2.05) is 24.3 Å². The minimum atomic E-state index is -0.0160. The van der Waals surface area contributed by atoms with Crippen molar-refractivity contribution in [3.8, 4) is 0 Å². The van der Waals surface area contributed by atoms with Crippen LogP contribution in [0, 0.1) is 5.92 Å². The van der Waals surface area contributed by atoms with E-state index in [0.29, 0.717) is 30.7 Å². The van der Waals surface area contributed by atoms with Crippen LogP contribution in [-0.4, -0.2) is 33.3 Å². The monoisotopic (exact) mass is 363 g/mol. The lowest BCUT2D eigenvalue weighted by atomic mass is 9.93. The Labute approximate surface area is 159 Å². The maximum atomic E-state index is 12.6. The number of nitrogens with one attached hydrogen (secondary N) is 2. The summed E-state index contributed by atoms with van der Waals surface area (Å²) in [6.45, 7) is 4.96. The van der Waals surface area contributed by atoms with Gasteiger partial charge in [0.1, 0.15) is 0 Å². The lowest BCUT2D eigenvalue weighted by molar-refractivity contribution is 0.0873. The minimum absolute atomic E-state index is 0.00961. The number of benzene rings is 1. The minimum Gasteiger partial charge on any atom is -0.383 e. The van der Waals surface area contributed by atoms with E-state index in [1.54, 1.807) is 0 Å². The average Bonchev–Trinajstić information content (AvgIpc) is 3.11. The molecule has 1 aromatic heterocycles. The molecule has 2 aliphatic rings. The molecule has 0 bridgehead atoms. The Kier molecular flexibility index (Phi) is 4.79. The molecule has 4 rings (SSSR count). The predicted octanol–water partition coefficient (Wildman–Crippen LogP) is 3.76. The van der Waals surface area contributed by atoms with Gasteiger partial charge in [0.05, 0.1) is 12.5 Å². The van der Waals surface area contributed by atoms with Crippen LogP contribution in [-0.2, 0) is 6.42 Å². The van der Waals surface area contributed by atoms with E-state index in [2.05, 4.69) is 52.8 Å². The molecule has 6 nitrogen and oxygen atoms in total. The molecule has 2 aromatic rings. The highest BCUT2D eigenvalue weighted by atomic mass is 16.2. The Bertz CT molecular complexity index is 911. The van der Waals surface area contributed by atoms with E-state index in [1.165, 1.54) is 10.2 Å². The van der Waals surface area contributed by atoms with E-state index in [0.717, 1.165) is 24.1 Å². The van der Waals surface area contributed by atoms with Gasteiger partial charge in [-0.05, 0) is 30.4 Å². The summed E-state index contributed by atoms with van der Waals surface area (Å²) in [5.74, 6) is 1.53. The highest BCUT2D eigenvalue weighted by molar-refractivity contribution is 5.84. The SMILES string of the molecule is CCc1ccccc1NCC1CC(=O)n2nc(C3=CC=CCC3C)nc2N1. The van der Waals surface area contributed by atoms with Crippen LogP contribution in [0.2, 0.25) is 0 Å². The summed E-state index contributed by atoms with van der Waals surface area (Å²) in [6.07, 6.45) is 8.55. The first-order valence-corrected chi connectivity index (χ1v) is 9.61. The zero-order chi connectivity index (χ0) is 18.8. The zero-order valence-corrected chi connectivity index (χ0v) is 15.8. The lowest BCUT2D eigenvalue weighted by Gasteiger charge is -2.24. The molecule has 0 saturated carbocycles. The van der Waals surface area contributed by atoms with Crippen LogP contribution in [0.25, 0.3) is 5.57 Å². The first-order valence-electron chi connectivity index (χ1n) is 9.61. The summed E-state index contributed by atoms with van der Waals surface area (Å²) in [7, 11) is 0. The highest BCUT2D eigenvalue weighted by Crippen LogP contribution is 2.29. The molecular formula is C21H25N5O. The van der Waals surface area contributed by atoms with Crippen molar-refractivity contribution in [2.75, 3.05) is 17.2 Å². The number of anilines is 2. The van der Waals surface area contributed by atoms with Crippen molar-refractivity contribution >= 4 is 23.1 Å². The molecule has 0 saturated heterocycles. The Hall–Kier alpha value is -2.89. The van der Waals surface area contributed by atoms with Gasteiger partial charge in [0, 0.05) is 17.8 Å². The van der Waals surface area contributed by atoms with Gasteiger partial charge in [-0.15, -0.1) is 5.10 Å². The van der Waals surface area contributed by atoms with Crippen molar-refractivity contribution in [2.24, 2.45) is 5.92 Å². The summed E-state index contributed by atoms with van der Waals surface area (Å²) < 4.78 is 1.41. The normalized spacial score (nSPS) is 21.4. The van der Waals surface area contributed by atoms with Gasteiger partial charge < -0.3 is 10.6 Å². The van der Waals surface area contributed by atoms with Crippen molar-refractivity contribution in [1.82, 2.24) is 14.8 Å². The third-order valence-electron chi connectivity index (χ3n) is 5.23. The fourth-order valence-electron chi connectivity index (χ4n) is 3.63. The summed E-state index contributed by atoms with van der Waals surface area (Å²) >= 11 is 0. The van der Waals surface area contributed by atoms with Crippen LogP contribution in [0.3, 0.4) is 0 Å². The smallest absolute Gasteiger partial charge is 0.252 e. The molecule has 2 atom stereocenters. The zero-order valence-electron chi connectivity index (χ0n) is 15.8. The summed E-state index contributed by atoms with van der Waals surface area (Å²) in [4.78, 5) is 17.2. The maximum Gasteiger partial charge on any atom is 0.252 e. The molecule has 1 aliphatic heterocycles. The van der Waals surface area contributed by atoms with Crippen LogP contribution >= 0.6 is 0 Å². The van der Waals surface area contributed by atoms with Gasteiger partial charge in [-0.1, -0.05) is 50.3 Å². The first kappa shape index (κ1) is 17.5.